The van der Waals surface area contributed by atoms with E-state index in [1.165, 1.54) is 5.56 Å². The second-order valence-corrected chi connectivity index (χ2v) is 7.69. The number of carbonyl (C=O) groups excluding carboxylic acids is 1. The van der Waals surface area contributed by atoms with Crippen LogP contribution < -0.4 is 5.32 Å². The Balaban J connectivity index is 1.29. The summed E-state index contributed by atoms with van der Waals surface area (Å²) in [5.41, 5.74) is 4.05. The van der Waals surface area contributed by atoms with Crippen molar-refractivity contribution >= 4 is 22.9 Å². The maximum Gasteiger partial charge on any atom is 0.321 e. The molecule has 0 unspecified atom stereocenters. The molecule has 2 aromatic heterocycles. The molecular weight excluding hydrogens is 376 g/mol. The molecule has 158 valence electrons. The predicted octanol–water partition coefficient (Wildman–Crippen LogP) is 3.41. The number of nitrogens with one attached hydrogen (secondary N) is 1. The molecule has 3 aromatic rings. The average molecular weight is 407 g/mol. The molecule has 4 rings (SSSR count). The molecule has 30 heavy (non-hydrogen) atoms. The first-order valence-electron chi connectivity index (χ1n) is 10.8. The maximum absolute atomic E-state index is 12.6. The number of fused-ring (bicyclic) bond motifs is 1. The summed E-state index contributed by atoms with van der Waals surface area (Å²) < 4.78 is 2.23. The molecule has 2 amide bonds. The molecule has 0 atom stereocenters. The number of urea groups is 1. The molecule has 1 fully saturated rings. The molecule has 0 saturated carbocycles. The quantitative estimate of drug-likeness (QED) is 0.681. The summed E-state index contributed by atoms with van der Waals surface area (Å²) >= 11 is 0. The second kappa shape index (κ2) is 9.26. The van der Waals surface area contributed by atoms with Gasteiger partial charge in [-0.15, -0.1) is 0 Å². The lowest BCUT2D eigenvalue weighted by Crippen LogP contribution is -2.50. The van der Waals surface area contributed by atoms with Gasteiger partial charge in [-0.2, -0.15) is 0 Å². The van der Waals surface area contributed by atoms with Crippen LogP contribution in [0.5, 0.6) is 0 Å². The third-order valence-corrected chi connectivity index (χ3v) is 5.81. The third-order valence-electron chi connectivity index (χ3n) is 5.81. The van der Waals surface area contributed by atoms with Crippen LogP contribution >= 0.6 is 0 Å². The van der Waals surface area contributed by atoms with Crippen LogP contribution in [-0.4, -0.2) is 63.1 Å². The Morgan fingerprint density at radius 2 is 1.77 bits per heavy atom. The summed E-state index contributed by atoms with van der Waals surface area (Å²) in [4.78, 5) is 26.1. The molecule has 1 aromatic carbocycles. The Labute approximate surface area is 177 Å². The topological polar surface area (TPSA) is 66.3 Å². The Bertz CT molecular complexity index is 989. The van der Waals surface area contributed by atoms with Gasteiger partial charge in [0.25, 0.3) is 0 Å². The SMILES string of the molecule is CCc1ccc(NC(=O)N2CCN(CCn3c(CC)nc4cccnc43)CC2)cc1. The second-order valence-electron chi connectivity index (χ2n) is 7.69. The van der Waals surface area contributed by atoms with E-state index in [1.54, 1.807) is 0 Å². The van der Waals surface area contributed by atoms with E-state index in [0.717, 1.165) is 74.8 Å². The van der Waals surface area contributed by atoms with Crippen LogP contribution in [0, 0.1) is 0 Å². The number of aromatic nitrogens is 3. The smallest absolute Gasteiger partial charge is 0.321 e. The Hall–Kier alpha value is -2.93. The Kier molecular flexibility index (Phi) is 6.28. The number of anilines is 1. The number of rotatable bonds is 6. The standard InChI is InChI=1S/C23H30N6O/c1-3-18-7-9-19(10-8-18)25-23(30)28-15-12-27(13-16-28)14-17-29-21(4-2)26-20-6-5-11-24-22(20)29/h5-11H,3-4,12-17H2,1-2H3,(H,25,30). The van der Waals surface area contributed by atoms with E-state index in [4.69, 9.17) is 4.98 Å². The van der Waals surface area contributed by atoms with E-state index in [-0.39, 0.29) is 6.03 Å². The predicted molar refractivity (Wildman–Crippen MR) is 120 cm³/mol. The zero-order chi connectivity index (χ0) is 20.9. The van der Waals surface area contributed by atoms with Gasteiger partial charge in [-0.05, 0) is 36.2 Å². The number of amides is 2. The van der Waals surface area contributed by atoms with Crippen LogP contribution in [0.15, 0.2) is 42.6 Å². The fourth-order valence-electron chi connectivity index (χ4n) is 3.95. The third kappa shape index (κ3) is 4.46. The Morgan fingerprint density at radius 3 is 2.47 bits per heavy atom. The van der Waals surface area contributed by atoms with Gasteiger partial charge in [0.05, 0.1) is 0 Å². The van der Waals surface area contributed by atoms with Crippen molar-refractivity contribution in [3.05, 3.63) is 54.0 Å². The van der Waals surface area contributed by atoms with E-state index < -0.39 is 0 Å². The Morgan fingerprint density at radius 1 is 1.00 bits per heavy atom. The highest BCUT2D eigenvalue weighted by Gasteiger charge is 2.21. The summed E-state index contributed by atoms with van der Waals surface area (Å²) in [5.74, 6) is 1.08. The van der Waals surface area contributed by atoms with Gasteiger partial charge in [0.1, 0.15) is 11.3 Å². The van der Waals surface area contributed by atoms with Crippen molar-refractivity contribution < 1.29 is 4.79 Å². The fourth-order valence-corrected chi connectivity index (χ4v) is 3.95. The molecule has 0 aliphatic carbocycles. The molecule has 1 aliphatic heterocycles. The van der Waals surface area contributed by atoms with Gasteiger partial charge in [-0.3, -0.25) is 4.90 Å². The van der Waals surface area contributed by atoms with Gasteiger partial charge in [-0.25, -0.2) is 14.8 Å². The largest absolute Gasteiger partial charge is 0.322 e. The summed E-state index contributed by atoms with van der Waals surface area (Å²) in [7, 11) is 0. The fraction of sp³-hybridized carbons (Fsp3) is 0.435. The lowest BCUT2D eigenvalue weighted by molar-refractivity contribution is 0.144. The van der Waals surface area contributed by atoms with E-state index in [9.17, 15) is 4.79 Å². The molecule has 1 N–H and O–H groups in total. The van der Waals surface area contributed by atoms with E-state index in [2.05, 4.69) is 45.7 Å². The zero-order valence-electron chi connectivity index (χ0n) is 17.8. The number of hydrogen-bond acceptors (Lipinski definition) is 4. The zero-order valence-corrected chi connectivity index (χ0v) is 17.8. The van der Waals surface area contributed by atoms with Crippen molar-refractivity contribution in [2.75, 3.05) is 38.0 Å². The van der Waals surface area contributed by atoms with E-state index in [0.29, 0.717) is 0 Å². The first-order chi connectivity index (χ1) is 14.7. The van der Waals surface area contributed by atoms with Gasteiger partial charge >= 0.3 is 6.03 Å². The number of nitrogens with zero attached hydrogens (tertiary/aromatic N) is 5. The molecule has 3 heterocycles. The summed E-state index contributed by atoms with van der Waals surface area (Å²) in [5, 5.41) is 3.02. The molecular formula is C23H30N6O. The van der Waals surface area contributed by atoms with Gasteiger partial charge in [0, 0.05) is 57.6 Å². The molecule has 0 spiro atoms. The number of imidazole rings is 1. The van der Waals surface area contributed by atoms with Gasteiger partial charge in [0.15, 0.2) is 5.65 Å². The number of carbonyl (C=O) groups is 1. The lowest BCUT2D eigenvalue weighted by atomic mass is 10.1. The van der Waals surface area contributed by atoms with Crippen LogP contribution in [0.4, 0.5) is 10.5 Å². The maximum atomic E-state index is 12.6. The number of aryl methyl sites for hydroxylation is 2. The van der Waals surface area contributed by atoms with Crippen molar-refractivity contribution in [2.45, 2.75) is 33.2 Å². The average Bonchev–Trinajstić information content (AvgIpc) is 3.16. The number of hydrogen-bond donors (Lipinski definition) is 1. The van der Waals surface area contributed by atoms with Gasteiger partial charge in [0.2, 0.25) is 0 Å². The summed E-state index contributed by atoms with van der Waals surface area (Å²) in [6, 6.07) is 12.0. The summed E-state index contributed by atoms with van der Waals surface area (Å²) in [6.45, 7) is 9.29. The van der Waals surface area contributed by atoms with Crippen molar-refractivity contribution in [1.29, 1.82) is 0 Å². The highest BCUT2D eigenvalue weighted by Crippen LogP contribution is 2.15. The monoisotopic (exact) mass is 406 g/mol. The lowest BCUT2D eigenvalue weighted by Gasteiger charge is -2.34. The minimum atomic E-state index is -0.0167. The summed E-state index contributed by atoms with van der Waals surface area (Å²) in [6.07, 6.45) is 3.72. The molecule has 0 radical (unpaired) electrons. The van der Waals surface area contributed by atoms with Crippen molar-refractivity contribution in [1.82, 2.24) is 24.3 Å². The minimum Gasteiger partial charge on any atom is -0.322 e. The molecule has 0 bridgehead atoms. The van der Waals surface area contributed by atoms with Crippen LogP contribution in [0.1, 0.15) is 25.2 Å². The molecule has 1 saturated heterocycles. The van der Waals surface area contributed by atoms with Crippen molar-refractivity contribution in [3.8, 4) is 0 Å². The number of pyridine rings is 1. The van der Waals surface area contributed by atoms with Gasteiger partial charge in [-0.1, -0.05) is 26.0 Å². The van der Waals surface area contributed by atoms with E-state index >= 15 is 0 Å². The first-order valence-corrected chi connectivity index (χ1v) is 10.8. The van der Waals surface area contributed by atoms with Crippen molar-refractivity contribution in [2.24, 2.45) is 0 Å². The first kappa shape index (κ1) is 20.3. The highest BCUT2D eigenvalue weighted by molar-refractivity contribution is 5.89. The number of benzene rings is 1. The van der Waals surface area contributed by atoms with Gasteiger partial charge < -0.3 is 14.8 Å². The van der Waals surface area contributed by atoms with Crippen molar-refractivity contribution in [3.63, 3.8) is 0 Å². The van der Waals surface area contributed by atoms with Crippen LogP contribution in [-0.2, 0) is 19.4 Å². The van der Waals surface area contributed by atoms with Crippen LogP contribution in [0.3, 0.4) is 0 Å². The van der Waals surface area contributed by atoms with Crippen LogP contribution in [0.25, 0.3) is 11.2 Å². The molecule has 7 heteroatoms. The normalized spacial score (nSPS) is 14.9. The molecule has 1 aliphatic rings. The number of piperazine rings is 1. The molecule has 7 nitrogen and oxygen atoms in total. The highest BCUT2D eigenvalue weighted by atomic mass is 16.2. The van der Waals surface area contributed by atoms with E-state index in [1.807, 2.05) is 35.4 Å². The minimum absolute atomic E-state index is 0.0167. The van der Waals surface area contributed by atoms with Crippen LogP contribution in [0.2, 0.25) is 0 Å².